The fourth-order valence-electron chi connectivity index (χ4n) is 4.58. The molecule has 164 valence electrons. The minimum absolute atomic E-state index is 0.141. The maximum Gasteiger partial charge on any atom is 0.253 e. The molecule has 2 aliphatic heterocycles. The SMILES string of the molecule is N#C[C@@]1(C2CC2)CCN(c2ccnc(Nc3ccc(C(=O)N4CC[C@H](F)C4)cc3)n2)C1=O. The van der Waals surface area contributed by atoms with Gasteiger partial charge in [-0.2, -0.15) is 10.2 Å². The van der Waals surface area contributed by atoms with E-state index >= 15 is 0 Å². The molecule has 0 spiro atoms. The lowest BCUT2D eigenvalue weighted by molar-refractivity contribution is -0.123. The normalized spacial score (nSPS) is 25.1. The molecule has 3 aliphatic rings. The Morgan fingerprint density at radius 2 is 1.97 bits per heavy atom. The minimum Gasteiger partial charge on any atom is -0.336 e. The first kappa shape index (κ1) is 20.4. The second-order valence-electron chi connectivity index (χ2n) is 8.64. The molecule has 3 heterocycles. The molecule has 0 radical (unpaired) electrons. The molecule has 1 aromatic heterocycles. The molecule has 1 aliphatic carbocycles. The minimum atomic E-state index is -0.950. The summed E-state index contributed by atoms with van der Waals surface area (Å²) in [4.78, 5) is 37.3. The number of rotatable bonds is 5. The number of nitrogens with one attached hydrogen (secondary N) is 1. The quantitative estimate of drug-likeness (QED) is 0.776. The molecule has 2 amide bonds. The van der Waals surface area contributed by atoms with Crippen LogP contribution in [-0.4, -0.2) is 52.5 Å². The van der Waals surface area contributed by atoms with Gasteiger partial charge in [0.25, 0.3) is 5.91 Å². The average molecular weight is 434 g/mol. The highest BCUT2D eigenvalue weighted by atomic mass is 19.1. The molecular formula is C23H23FN6O2. The van der Waals surface area contributed by atoms with Crippen LogP contribution in [0.1, 0.15) is 36.0 Å². The topological polar surface area (TPSA) is 102 Å². The van der Waals surface area contributed by atoms with Gasteiger partial charge in [-0.1, -0.05) is 0 Å². The number of benzene rings is 1. The molecule has 2 atom stereocenters. The standard InChI is InChI=1S/C23H23FN6O2/c24-17-8-11-29(13-17)20(31)15-1-5-18(6-2-15)27-22-26-10-7-19(28-22)30-12-9-23(14-25,21(30)32)16-3-4-16/h1-2,5-7,10,16-17H,3-4,8-9,11-13H2,(H,26,27,28)/t17-,23+/m0/s1. The van der Waals surface area contributed by atoms with Gasteiger partial charge in [0.1, 0.15) is 17.4 Å². The Kier molecular flexibility index (Phi) is 5.00. The van der Waals surface area contributed by atoms with Crippen molar-refractivity contribution in [3.8, 4) is 6.07 Å². The predicted octanol–water partition coefficient (Wildman–Crippen LogP) is 3.06. The van der Waals surface area contributed by atoms with E-state index in [0.29, 0.717) is 48.9 Å². The summed E-state index contributed by atoms with van der Waals surface area (Å²) in [6.45, 7) is 1.04. The Morgan fingerprint density at radius 3 is 2.62 bits per heavy atom. The third kappa shape index (κ3) is 3.55. The number of amides is 2. The molecule has 1 N–H and O–H groups in total. The van der Waals surface area contributed by atoms with Gasteiger partial charge in [0.05, 0.1) is 12.6 Å². The van der Waals surface area contributed by atoms with E-state index in [2.05, 4.69) is 21.4 Å². The third-order valence-electron chi connectivity index (χ3n) is 6.55. The van der Waals surface area contributed by atoms with Crippen molar-refractivity contribution in [2.75, 3.05) is 29.9 Å². The first-order chi connectivity index (χ1) is 15.5. The zero-order chi connectivity index (χ0) is 22.3. The molecule has 0 bridgehead atoms. The van der Waals surface area contributed by atoms with Crippen LogP contribution >= 0.6 is 0 Å². The molecule has 3 fully saturated rings. The number of hydrogen-bond acceptors (Lipinski definition) is 6. The summed E-state index contributed by atoms with van der Waals surface area (Å²) in [6.07, 6.45) is 3.38. The van der Waals surface area contributed by atoms with Gasteiger partial charge in [0, 0.05) is 30.5 Å². The number of halogens is 1. The predicted molar refractivity (Wildman–Crippen MR) is 115 cm³/mol. The largest absolute Gasteiger partial charge is 0.336 e. The highest BCUT2D eigenvalue weighted by molar-refractivity contribution is 6.01. The Balaban J connectivity index is 1.28. The maximum atomic E-state index is 13.4. The summed E-state index contributed by atoms with van der Waals surface area (Å²) in [7, 11) is 0. The van der Waals surface area contributed by atoms with Crippen LogP contribution in [0.4, 0.5) is 21.8 Å². The van der Waals surface area contributed by atoms with Gasteiger partial charge in [0.15, 0.2) is 0 Å². The Bertz CT molecular complexity index is 1100. The van der Waals surface area contributed by atoms with E-state index in [-0.39, 0.29) is 24.3 Å². The number of carbonyl (C=O) groups excluding carboxylic acids is 2. The van der Waals surface area contributed by atoms with Crippen molar-refractivity contribution in [3.63, 3.8) is 0 Å². The summed E-state index contributed by atoms with van der Waals surface area (Å²) < 4.78 is 13.4. The van der Waals surface area contributed by atoms with E-state index in [1.807, 2.05) is 0 Å². The van der Waals surface area contributed by atoms with Gasteiger partial charge in [0.2, 0.25) is 11.9 Å². The van der Waals surface area contributed by atoms with Crippen LogP contribution in [-0.2, 0) is 4.79 Å². The third-order valence-corrected chi connectivity index (χ3v) is 6.55. The van der Waals surface area contributed by atoms with Gasteiger partial charge < -0.3 is 10.2 Å². The number of aromatic nitrogens is 2. The van der Waals surface area contributed by atoms with E-state index in [9.17, 15) is 19.2 Å². The molecule has 1 saturated carbocycles. The molecule has 2 saturated heterocycles. The van der Waals surface area contributed by atoms with Crippen molar-refractivity contribution in [1.82, 2.24) is 14.9 Å². The van der Waals surface area contributed by atoms with Crippen molar-refractivity contribution < 1.29 is 14.0 Å². The molecular weight excluding hydrogens is 411 g/mol. The highest BCUT2D eigenvalue weighted by Crippen LogP contribution is 2.51. The number of alkyl halides is 1. The summed E-state index contributed by atoms with van der Waals surface area (Å²) in [5.41, 5.74) is 0.258. The van der Waals surface area contributed by atoms with Crippen LogP contribution in [0.3, 0.4) is 0 Å². The van der Waals surface area contributed by atoms with E-state index in [4.69, 9.17) is 0 Å². The van der Waals surface area contributed by atoms with Crippen molar-refractivity contribution in [1.29, 1.82) is 5.26 Å². The number of nitriles is 1. The van der Waals surface area contributed by atoms with Crippen LogP contribution in [0.15, 0.2) is 36.5 Å². The number of likely N-dealkylation sites (tertiary alicyclic amines) is 1. The Hall–Kier alpha value is -3.54. The van der Waals surface area contributed by atoms with Crippen LogP contribution < -0.4 is 10.2 Å². The lowest BCUT2D eigenvalue weighted by atomic mass is 9.83. The molecule has 5 rings (SSSR count). The van der Waals surface area contributed by atoms with Gasteiger partial charge >= 0.3 is 0 Å². The van der Waals surface area contributed by atoms with E-state index in [0.717, 1.165) is 12.8 Å². The van der Waals surface area contributed by atoms with Crippen molar-refractivity contribution in [3.05, 3.63) is 42.1 Å². The van der Waals surface area contributed by atoms with E-state index in [1.165, 1.54) is 4.90 Å². The smallest absolute Gasteiger partial charge is 0.253 e. The van der Waals surface area contributed by atoms with E-state index in [1.54, 1.807) is 41.4 Å². The zero-order valence-corrected chi connectivity index (χ0v) is 17.5. The fourth-order valence-corrected chi connectivity index (χ4v) is 4.58. The number of nitrogens with zero attached hydrogens (tertiary/aromatic N) is 5. The van der Waals surface area contributed by atoms with Crippen molar-refractivity contribution in [2.45, 2.75) is 31.9 Å². The highest BCUT2D eigenvalue weighted by Gasteiger charge is 2.57. The van der Waals surface area contributed by atoms with Crippen LogP contribution in [0, 0.1) is 22.7 Å². The van der Waals surface area contributed by atoms with Gasteiger partial charge in [-0.25, -0.2) is 9.37 Å². The molecule has 32 heavy (non-hydrogen) atoms. The molecule has 0 unspecified atom stereocenters. The Morgan fingerprint density at radius 1 is 1.19 bits per heavy atom. The molecule has 8 nitrogen and oxygen atoms in total. The first-order valence-electron chi connectivity index (χ1n) is 10.9. The molecule has 1 aromatic carbocycles. The monoisotopic (exact) mass is 434 g/mol. The fraction of sp³-hybridized carbons (Fsp3) is 0.435. The van der Waals surface area contributed by atoms with Crippen LogP contribution in [0.2, 0.25) is 0 Å². The summed E-state index contributed by atoms with van der Waals surface area (Å²) >= 11 is 0. The maximum absolute atomic E-state index is 13.4. The van der Waals surface area contributed by atoms with Crippen LogP contribution in [0.25, 0.3) is 0 Å². The first-order valence-corrected chi connectivity index (χ1v) is 10.9. The Labute approximate surface area is 185 Å². The lowest BCUT2D eigenvalue weighted by Gasteiger charge is -2.20. The van der Waals surface area contributed by atoms with Crippen molar-refractivity contribution in [2.24, 2.45) is 11.3 Å². The van der Waals surface area contributed by atoms with E-state index < -0.39 is 11.6 Å². The average Bonchev–Trinajstić information content (AvgIpc) is 3.48. The second kappa shape index (κ2) is 7.86. The van der Waals surface area contributed by atoms with Crippen molar-refractivity contribution >= 4 is 29.3 Å². The summed E-state index contributed by atoms with van der Waals surface area (Å²) in [5, 5.41) is 12.8. The second-order valence-corrected chi connectivity index (χ2v) is 8.64. The molecule has 9 heteroatoms. The number of hydrogen-bond donors (Lipinski definition) is 1. The molecule has 2 aromatic rings. The lowest BCUT2D eigenvalue weighted by Crippen LogP contribution is -2.35. The number of carbonyl (C=O) groups is 2. The van der Waals surface area contributed by atoms with Crippen LogP contribution in [0.5, 0.6) is 0 Å². The van der Waals surface area contributed by atoms with Gasteiger partial charge in [-0.3, -0.25) is 14.5 Å². The number of anilines is 3. The van der Waals surface area contributed by atoms with Gasteiger partial charge in [-0.05, 0) is 61.9 Å². The van der Waals surface area contributed by atoms with Gasteiger partial charge in [-0.15, -0.1) is 0 Å². The zero-order valence-electron chi connectivity index (χ0n) is 17.5. The summed E-state index contributed by atoms with van der Waals surface area (Å²) in [5.74, 6) is 0.579. The summed E-state index contributed by atoms with van der Waals surface area (Å²) in [6, 6.07) is 10.8.